The zero-order valence-corrected chi connectivity index (χ0v) is 17.0. The Hall–Kier alpha value is -2.97. The molecule has 0 spiro atoms. The van der Waals surface area contributed by atoms with Crippen molar-refractivity contribution in [3.8, 4) is 0 Å². The van der Waals surface area contributed by atoms with Gasteiger partial charge in [0.2, 0.25) is 5.91 Å². The predicted octanol–water partition coefficient (Wildman–Crippen LogP) is 4.48. The lowest BCUT2D eigenvalue weighted by Crippen LogP contribution is -2.36. The third-order valence-corrected chi connectivity index (χ3v) is 5.34. The number of nitrogens with zero attached hydrogens (tertiary/aromatic N) is 1. The number of nitrogens with one attached hydrogen (secondary N) is 1. The fourth-order valence-corrected chi connectivity index (χ4v) is 3.69. The third-order valence-electron chi connectivity index (χ3n) is 4.10. The first-order valence-corrected chi connectivity index (χ1v) is 9.96. The molecule has 3 amide bonds. The van der Waals surface area contributed by atoms with Gasteiger partial charge in [0.15, 0.2) is 0 Å². The summed E-state index contributed by atoms with van der Waals surface area (Å²) in [6, 6.07) is 10.1. The number of rotatable bonds is 6. The fraction of sp³-hybridized carbons (Fsp3) is 0.0952. The molecule has 1 aliphatic heterocycles. The first-order chi connectivity index (χ1) is 14.4. The summed E-state index contributed by atoms with van der Waals surface area (Å²) in [6.45, 7) is -0.0570. The van der Waals surface area contributed by atoms with Gasteiger partial charge in [-0.3, -0.25) is 19.3 Å². The molecule has 1 fully saturated rings. The van der Waals surface area contributed by atoms with Gasteiger partial charge in [-0.1, -0.05) is 35.9 Å². The molecule has 1 saturated heterocycles. The second-order valence-electron chi connectivity index (χ2n) is 6.11. The van der Waals surface area contributed by atoms with Crippen LogP contribution in [0.5, 0.6) is 0 Å². The number of carbonyl (C=O) groups is 3. The Kier molecular flexibility index (Phi) is 7.02. The van der Waals surface area contributed by atoms with Crippen LogP contribution in [0.25, 0.3) is 12.2 Å². The molecule has 154 valence electrons. The van der Waals surface area contributed by atoms with Gasteiger partial charge in [0, 0.05) is 30.3 Å². The van der Waals surface area contributed by atoms with Gasteiger partial charge in [0.05, 0.1) is 9.93 Å². The minimum atomic E-state index is -0.564. The second-order valence-corrected chi connectivity index (χ2v) is 7.51. The molecule has 1 heterocycles. The van der Waals surface area contributed by atoms with E-state index in [2.05, 4.69) is 5.32 Å². The van der Waals surface area contributed by atoms with E-state index in [1.54, 1.807) is 6.07 Å². The summed E-state index contributed by atoms with van der Waals surface area (Å²) >= 11 is 6.59. The van der Waals surface area contributed by atoms with Crippen LogP contribution in [-0.4, -0.2) is 35.0 Å². The molecule has 9 heteroatoms. The molecule has 0 atom stereocenters. The summed E-state index contributed by atoms with van der Waals surface area (Å²) in [4.78, 5) is 37.5. The van der Waals surface area contributed by atoms with E-state index in [1.807, 2.05) is 0 Å². The molecular weight excluding hydrogens is 434 g/mol. The maximum Gasteiger partial charge on any atom is 0.293 e. The number of imide groups is 1. The highest BCUT2D eigenvalue weighted by Gasteiger charge is 2.34. The van der Waals surface area contributed by atoms with E-state index < -0.39 is 28.7 Å². The smallest absolute Gasteiger partial charge is 0.293 e. The first kappa shape index (κ1) is 21.7. The van der Waals surface area contributed by atoms with E-state index in [9.17, 15) is 23.2 Å². The number of carbonyl (C=O) groups excluding carboxylic acids is 3. The molecule has 1 N–H and O–H groups in total. The monoisotopic (exact) mass is 448 g/mol. The quantitative estimate of drug-likeness (QED) is 0.661. The number of benzene rings is 2. The van der Waals surface area contributed by atoms with Crippen molar-refractivity contribution in [2.45, 2.75) is 0 Å². The Balaban J connectivity index is 1.56. The van der Waals surface area contributed by atoms with E-state index in [0.717, 1.165) is 11.0 Å². The lowest BCUT2D eigenvalue weighted by Gasteiger charge is -2.12. The van der Waals surface area contributed by atoms with Crippen molar-refractivity contribution >= 4 is 52.6 Å². The number of thioether (sulfide) groups is 1. The second kappa shape index (κ2) is 9.69. The molecule has 0 radical (unpaired) electrons. The van der Waals surface area contributed by atoms with Gasteiger partial charge in [0.25, 0.3) is 11.1 Å². The summed E-state index contributed by atoms with van der Waals surface area (Å²) in [5, 5.41) is 2.16. The molecule has 3 rings (SSSR count). The van der Waals surface area contributed by atoms with Crippen LogP contribution in [0.15, 0.2) is 53.4 Å². The lowest BCUT2D eigenvalue weighted by atomic mass is 10.2. The highest BCUT2D eigenvalue weighted by atomic mass is 35.5. The maximum atomic E-state index is 13.8. The summed E-state index contributed by atoms with van der Waals surface area (Å²) in [5.41, 5.74) is 0.284. The molecule has 0 aromatic heterocycles. The van der Waals surface area contributed by atoms with Crippen molar-refractivity contribution in [1.29, 1.82) is 0 Å². The minimum Gasteiger partial charge on any atom is -0.351 e. The van der Waals surface area contributed by atoms with E-state index in [4.69, 9.17) is 11.6 Å². The number of amides is 3. The van der Waals surface area contributed by atoms with E-state index in [0.29, 0.717) is 11.8 Å². The Morgan fingerprint density at radius 3 is 2.57 bits per heavy atom. The number of halogens is 3. The van der Waals surface area contributed by atoms with Crippen molar-refractivity contribution < 1.29 is 23.2 Å². The SMILES string of the molecule is O=C(/C=C/c1c(F)cccc1Cl)NCCN1C(=O)S/C(=C\c2ccccc2F)C1=O. The Bertz CT molecular complexity index is 1050. The highest BCUT2D eigenvalue weighted by Crippen LogP contribution is 2.32. The van der Waals surface area contributed by atoms with Crippen LogP contribution in [0.2, 0.25) is 5.02 Å². The minimum absolute atomic E-state index is 0.000798. The van der Waals surface area contributed by atoms with Crippen LogP contribution in [0.3, 0.4) is 0 Å². The standard InChI is InChI=1S/C21H15ClF2N2O3S/c22-15-5-3-7-17(24)14(15)8-9-19(27)25-10-11-26-20(28)18(30-21(26)29)12-13-4-1-2-6-16(13)23/h1-9,12H,10-11H2,(H,25,27)/b9-8+,18-12-. The van der Waals surface area contributed by atoms with Crippen LogP contribution in [-0.2, 0) is 9.59 Å². The highest BCUT2D eigenvalue weighted by molar-refractivity contribution is 8.18. The van der Waals surface area contributed by atoms with Crippen LogP contribution in [0, 0.1) is 11.6 Å². The molecular formula is C21H15ClF2N2O3S. The first-order valence-electron chi connectivity index (χ1n) is 8.76. The lowest BCUT2D eigenvalue weighted by molar-refractivity contribution is -0.123. The maximum absolute atomic E-state index is 13.8. The topological polar surface area (TPSA) is 66.5 Å². The van der Waals surface area contributed by atoms with Gasteiger partial charge in [-0.15, -0.1) is 0 Å². The van der Waals surface area contributed by atoms with Crippen LogP contribution >= 0.6 is 23.4 Å². The number of hydrogen-bond acceptors (Lipinski definition) is 4. The van der Waals surface area contributed by atoms with Gasteiger partial charge >= 0.3 is 0 Å². The third kappa shape index (κ3) is 5.14. The van der Waals surface area contributed by atoms with E-state index >= 15 is 0 Å². The van der Waals surface area contributed by atoms with Crippen LogP contribution < -0.4 is 5.32 Å². The largest absolute Gasteiger partial charge is 0.351 e. The summed E-state index contributed by atoms with van der Waals surface area (Å²) < 4.78 is 27.4. The van der Waals surface area contributed by atoms with Crippen molar-refractivity contribution in [3.63, 3.8) is 0 Å². The van der Waals surface area contributed by atoms with Crippen molar-refractivity contribution in [2.75, 3.05) is 13.1 Å². The summed E-state index contributed by atoms with van der Waals surface area (Å²) in [6.07, 6.45) is 3.67. The molecule has 0 unspecified atom stereocenters. The predicted molar refractivity (Wildman–Crippen MR) is 113 cm³/mol. The molecule has 1 aliphatic rings. The van der Waals surface area contributed by atoms with Gasteiger partial charge in [-0.05, 0) is 42.1 Å². The molecule has 0 saturated carbocycles. The van der Waals surface area contributed by atoms with Crippen LogP contribution in [0.4, 0.5) is 13.6 Å². The van der Waals surface area contributed by atoms with Gasteiger partial charge < -0.3 is 5.32 Å². The summed E-state index contributed by atoms with van der Waals surface area (Å²) in [5.74, 6) is -2.16. The van der Waals surface area contributed by atoms with E-state index in [1.165, 1.54) is 48.6 Å². The Morgan fingerprint density at radius 2 is 1.83 bits per heavy atom. The molecule has 2 aromatic rings. The average Bonchev–Trinajstić information content (AvgIpc) is 2.97. The molecule has 2 aromatic carbocycles. The Morgan fingerprint density at radius 1 is 1.10 bits per heavy atom. The van der Waals surface area contributed by atoms with E-state index in [-0.39, 0.29) is 34.1 Å². The van der Waals surface area contributed by atoms with Crippen molar-refractivity contribution in [3.05, 3.63) is 81.2 Å². The van der Waals surface area contributed by atoms with Crippen LogP contribution in [0.1, 0.15) is 11.1 Å². The molecule has 0 aliphatic carbocycles. The van der Waals surface area contributed by atoms with Gasteiger partial charge in [-0.25, -0.2) is 8.78 Å². The number of hydrogen-bond donors (Lipinski definition) is 1. The fourth-order valence-electron chi connectivity index (χ4n) is 2.60. The van der Waals surface area contributed by atoms with Gasteiger partial charge in [0.1, 0.15) is 11.6 Å². The average molecular weight is 449 g/mol. The normalized spacial score (nSPS) is 15.4. The molecule has 5 nitrogen and oxygen atoms in total. The van der Waals surface area contributed by atoms with Gasteiger partial charge in [-0.2, -0.15) is 0 Å². The van der Waals surface area contributed by atoms with Crippen molar-refractivity contribution in [1.82, 2.24) is 10.2 Å². The van der Waals surface area contributed by atoms with Crippen molar-refractivity contribution in [2.24, 2.45) is 0 Å². The zero-order valence-electron chi connectivity index (χ0n) is 15.4. The Labute approximate surface area is 180 Å². The summed E-state index contributed by atoms with van der Waals surface area (Å²) in [7, 11) is 0. The zero-order chi connectivity index (χ0) is 21.7. The molecule has 30 heavy (non-hydrogen) atoms. The molecule has 0 bridgehead atoms.